The highest BCUT2D eigenvalue weighted by molar-refractivity contribution is 6.31. The van der Waals surface area contributed by atoms with Crippen molar-refractivity contribution in [2.24, 2.45) is 0 Å². The lowest BCUT2D eigenvalue weighted by atomic mass is 10.1. The van der Waals surface area contributed by atoms with Gasteiger partial charge in [0.2, 0.25) is 0 Å². The van der Waals surface area contributed by atoms with Gasteiger partial charge in [-0.3, -0.25) is 9.78 Å². The molecule has 0 saturated carbocycles. The van der Waals surface area contributed by atoms with Crippen LogP contribution < -0.4 is 4.90 Å². The summed E-state index contributed by atoms with van der Waals surface area (Å²) in [5.41, 5.74) is 3.13. The number of carbonyl (C=O) groups is 1. The maximum Gasteiger partial charge on any atom is 0.255 e. The lowest BCUT2D eigenvalue weighted by Gasteiger charge is -2.36. The topological polar surface area (TPSA) is 36.4 Å². The predicted octanol–water partition coefficient (Wildman–Crippen LogP) is 4.30. The molecular weight excluding hydrogens is 365 g/mol. The predicted molar refractivity (Wildman–Crippen MR) is 106 cm³/mol. The monoisotopic (exact) mass is 383 g/mol. The summed E-state index contributed by atoms with van der Waals surface area (Å²) in [7, 11) is 0. The fraction of sp³-hybridized carbons (Fsp3) is 0.238. The third kappa shape index (κ3) is 3.60. The summed E-state index contributed by atoms with van der Waals surface area (Å²) < 4.78 is 13.1. The van der Waals surface area contributed by atoms with Crippen LogP contribution in [0.5, 0.6) is 0 Å². The Labute approximate surface area is 162 Å². The summed E-state index contributed by atoms with van der Waals surface area (Å²) in [6.07, 6.45) is 0. The van der Waals surface area contributed by atoms with Crippen molar-refractivity contribution in [3.8, 4) is 0 Å². The van der Waals surface area contributed by atoms with E-state index in [-0.39, 0.29) is 11.7 Å². The summed E-state index contributed by atoms with van der Waals surface area (Å²) in [5, 5.41) is 1.49. The molecule has 27 heavy (non-hydrogen) atoms. The van der Waals surface area contributed by atoms with Crippen LogP contribution in [0.1, 0.15) is 16.1 Å². The fourth-order valence-electron chi connectivity index (χ4n) is 3.45. The molecule has 4 nitrogen and oxygen atoms in total. The van der Waals surface area contributed by atoms with Crippen molar-refractivity contribution >= 4 is 34.1 Å². The van der Waals surface area contributed by atoms with Crippen LogP contribution in [-0.2, 0) is 0 Å². The zero-order valence-corrected chi connectivity index (χ0v) is 15.7. The first-order valence-electron chi connectivity index (χ1n) is 8.88. The van der Waals surface area contributed by atoms with Crippen molar-refractivity contribution < 1.29 is 9.18 Å². The summed E-state index contributed by atoms with van der Waals surface area (Å²) in [6.45, 7) is 4.51. The van der Waals surface area contributed by atoms with Gasteiger partial charge in [-0.05, 0) is 55.5 Å². The minimum Gasteiger partial charge on any atom is -0.368 e. The Bertz CT molecular complexity index is 998. The van der Waals surface area contributed by atoms with E-state index in [0.717, 1.165) is 22.3 Å². The van der Waals surface area contributed by atoms with Crippen LogP contribution in [0.2, 0.25) is 5.02 Å². The van der Waals surface area contributed by atoms with Crippen LogP contribution in [0.25, 0.3) is 10.9 Å². The molecule has 0 aliphatic carbocycles. The lowest BCUT2D eigenvalue weighted by Crippen LogP contribution is -2.49. The average molecular weight is 384 g/mol. The Morgan fingerprint density at radius 2 is 1.74 bits per heavy atom. The lowest BCUT2D eigenvalue weighted by molar-refractivity contribution is 0.0746. The van der Waals surface area contributed by atoms with Gasteiger partial charge in [0, 0.05) is 42.3 Å². The molecule has 3 aromatic rings. The maximum absolute atomic E-state index is 13.1. The number of fused-ring (bicyclic) bond motifs is 1. The van der Waals surface area contributed by atoms with Gasteiger partial charge in [-0.15, -0.1) is 0 Å². The zero-order valence-electron chi connectivity index (χ0n) is 15.0. The van der Waals surface area contributed by atoms with Crippen molar-refractivity contribution in [1.82, 2.24) is 9.88 Å². The average Bonchev–Trinajstić information content (AvgIpc) is 2.68. The van der Waals surface area contributed by atoms with Crippen LogP contribution in [-0.4, -0.2) is 42.0 Å². The zero-order chi connectivity index (χ0) is 19.0. The van der Waals surface area contributed by atoms with Crippen LogP contribution in [0.3, 0.4) is 0 Å². The molecule has 0 spiro atoms. The molecule has 138 valence electrons. The van der Waals surface area contributed by atoms with E-state index >= 15 is 0 Å². The molecule has 1 amide bonds. The Balaban J connectivity index is 1.51. The van der Waals surface area contributed by atoms with E-state index in [2.05, 4.69) is 9.88 Å². The number of rotatable bonds is 2. The van der Waals surface area contributed by atoms with E-state index in [1.54, 1.807) is 18.2 Å². The quantitative estimate of drug-likeness (QED) is 0.662. The van der Waals surface area contributed by atoms with Gasteiger partial charge >= 0.3 is 0 Å². The molecule has 2 aromatic carbocycles. The van der Waals surface area contributed by atoms with Crippen LogP contribution in [0, 0.1) is 12.7 Å². The molecule has 6 heteroatoms. The smallest absolute Gasteiger partial charge is 0.255 e. The molecule has 0 bridgehead atoms. The Morgan fingerprint density at radius 1 is 1.04 bits per heavy atom. The van der Waals surface area contributed by atoms with E-state index in [9.17, 15) is 9.18 Å². The van der Waals surface area contributed by atoms with Crippen LogP contribution >= 0.6 is 11.6 Å². The minimum atomic E-state index is -0.244. The number of benzene rings is 2. The van der Waals surface area contributed by atoms with Gasteiger partial charge in [0.15, 0.2) is 0 Å². The van der Waals surface area contributed by atoms with Crippen molar-refractivity contribution in [3.63, 3.8) is 0 Å². The first-order valence-corrected chi connectivity index (χ1v) is 9.26. The summed E-state index contributed by atoms with van der Waals surface area (Å²) in [4.78, 5) is 21.6. The summed E-state index contributed by atoms with van der Waals surface area (Å²) in [5.74, 6) is -0.257. The van der Waals surface area contributed by atoms with Gasteiger partial charge in [0.05, 0.1) is 16.8 Å². The van der Waals surface area contributed by atoms with Crippen molar-refractivity contribution in [2.75, 3.05) is 31.1 Å². The number of nitrogens with zero attached hydrogens (tertiary/aromatic N) is 3. The number of hydrogen-bond acceptors (Lipinski definition) is 3. The molecule has 1 aromatic heterocycles. The van der Waals surface area contributed by atoms with Crippen LogP contribution in [0.15, 0.2) is 48.5 Å². The molecule has 0 N–H and O–H groups in total. The van der Waals surface area contributed by atoms with Gasteiger partial charge in [0.1, 0.15) is 5.82 Å². The second kappa shape index (κ2) is 7.16. The minimum absolute atomic E-state index is 0.0133. The van der Waals surface area contributed by atoms with E-state index in [0.29, 0.717) is 36.8 Å². The van der Waals surface area contributed by atoms with Gasteiger partial charge in [-0.1, -0.05) is 11.6 Å². The Morgan fingerprint density at radius 3 is 2.44 bits per heavy atom. The van der Waals surface area contributed by atoms with Gasteiger partial charge in [-0.2, -0.15) is 0 Å². The second-order valence-electron chi connectivity index (χ2n) is 6.71. The van der Waals surface area contributed by atoms with E-state index in [1.807, 2.05) is 30.0 Å². The highest BCUT2D eigenvalue weighted by Crippen LogP contribution is 2.23. The van der Waals surface area contributed by atoms with Gasteiger partial charge in [-0.25, -0.2) is 4.39 Å². The summed E-state index contributed by atoms with van der Waals surface area (Å²) in [6, 6.07) is 13.8. The number of piperazine rings is 1. The van der Waals surface area contributed by atoms with Gasteiger partial charge in [0.25, 0.3) is 5.91 Å². The molecule has 1 aliphatic heterocycles. The van der Waals surface area contributed by atoms with Crippen molar-refractivity contribution in [3.05, 3.63) is 70.6 Å². The first kappa shape index (κ1) is 17.7. The molecule has 1 aliphatic rings. The molecule has 4 rings (SSSR count). The molecule has 0 radical (unpaired) electrons. The normalized spacial score (nSPS) is 14.6. The molecule has 1 fully saturated rings. The van der Waals surface area contributed by atoms with Crippen molar-refractivity contribution in [1.29, 1.82) is 0 Å². The number of carbonyl (C=O) groups excluding carboxylic acids is 1. The standard InChI is InChI=1S/C21H19ClFN3O/c1-14-19(13-15-12-16(22)2-7-20(15)24-14)21(27)26-10-8-25(9-11-26)18-5-3-17(23)4-6-18/h2-7,12-13H,8-11H2,1H3. The fourth-order valence-corrected chi connectivity index (χ4v) is 3.63. The van der Waals surface area contributed by atoms with Gasteiger partial charge < -0.3 is 9.80 Å². The number of aryl methyl sites for hydroxylation is 1. The summed E-state index contributed by atoms with van der Waals surface area (Å²) >= 11 is 6.07. The molecule has 2 heterocycles. The maximum atomic E-state index is 13.1. The molecular formula is C21H19ClFN3O. The number of hydrogen-bond donors (Lipinski definition) is 0. The Hall–Kier alpha value is -2.66. The van der Waals surface area contributed by atoms with E-state index < -0.39 is 0 Å². The number of pyridine rings is 1. The number of anilines is 1. The van der Waals surface area contributed by atoms with Crippen LogP contribution in [0.4, 0.5) is 10.1 Å². The molecule has 1 saturated heterocycles. The van der Waals surface area contributed by atoms with E-state index in [1.165, 1.54) is 12.1 Å². The number of aromatic nitrogens is 1. The second-order valence-corrected chi connectivity index (χ2v) is 7.15. The third-order valence-electron chi connectivity index (χ3n) is 4.96. The largest absolute Gasteiger partial charge is 0.368 e. The molecule has 0 atom stereocenters. The first-order chi connectivity index (χ1) is 13.0. The third-order valence-corrected chi connectivity index (χ3v) is 5.19. The number of halogens is 2. The van der Waals surface area contributed by atoms with Crippen molar-refractivity contribution in [2.45, 2.75) is 6.92 Å². The highest BCUT2D eigenvalue weighted by Gasteiger charge is 2.24. The number of amides is 1. The van der Waals surface area contributed by atoms with E-state index in [4.69, 9.17) is 11.6 Å². The Kier molecular flexibility index (Phi) is 4.70. The SMILES string of the molecule is Cc1nc2ccc(Cl)cc2cc1C(=O)N1CCN(c2ccc(F)cc2)CC1. The molecule has 0 unspecified atom stereocenters. The highest BCUT2D eigenvalue weighted by atomic mass is 35.5.